The van der Waals surface area contributed by atoms with Gasteiger partial charge in [0.05, 0.1) is 12.1 Å². The van der Waals surface area contributed by atoms with Gasteiger partial charge in [0.15, 0.2) is 0 Å². The third kappa shape index (κ3) is 1.20. The van der Waals surface area contributed by atoms with Gasteiger partial charge in [0, 0.05) is 42.1 Å². The summed E-state index contributed by atoms with van der Waals surface area (Å²) in [6.45, 7) is 2.19. The van der Waals surface area contributed by atoms with Gasteiger partial charge in [0.1, 0.15) is 6.23 Å². The molecule has 24 heavy (non-hydrogen) atoms. The number of fused-ring (bicyclic) bond motifs is 2. The first-order valence-electron chi connectivity index (χ1n) is 9.57. The van der Waals surface area contributed by atoms with E-state index in [-0.39, 0.29) is 17.7 Å². The minimum Gasteiger partial charge on any atom is -0.392 e. The number of nitrogens with zero attached hydrogens (tertiary/aromatic N) is 2. The molecule has 5 heterocycles. The standard InChI is InChI=1S/C20H26N2O2/c1-3-10-11-8-14-17-20(12-6-4-5-7-13(12)21(17)2)9-15(16(11)18(20)23)22(14)19(10)24/h4-7,10-11,14-19,23-24H,3,8-9H2,1-2H3/t10-,11?,14?,15?,16?,17?,18-,19+,20?/m0/s1. The van der Waals surface area contributed by atoms with Gasteiger partial charge in [-0.15, -0.1) is 0 Å². The van der Waals surface area contributed by atoms with Crippen LogP contribution < -0.4 is 4.90 Å². The van der Waals surface area contributed by atoms with E-state index in [0.29, 0.717) is 35.9 Å². The molecule has 1 spiro atoms. The molecule has 4 heteroatoms. The van der Waals surface area contributed by atoms with Crippen LogP contribution in [0.2, 0.25) is 0 Å². The zero-order valence-electron chi connectivity index (χ0n) is 14.3. The highest BCUT2D eigenvalue weighted by atomic mass is 16.3. The van der Waals surface area contributed by atoms with E-state index in [1.807, 2.05) is 0 Å². The van der Waals surface area contributed by atoms with Crippen LogP contribution in [0.15, 0.2) is 24.3 Å². The molecule has 5 aliphatic heterocycles. The predicted octanol–water partition coefficient (Wildman–Crippen LogP) is 1.55. The summed E-state index contributed by atoms with van der Waals surface area (Å²) in [4.78, 5) is 4.83. The first kappa shape index (κ1) is 14.1. The summed E-state index contributed by atoms with van der Waals surface area (Å²) < 4.78 is 0. The van der Waals surface area contributed by atoms with Gasteiger partial charge in [0.25, 0.3) is 0 Å². The molecule has 4 nitrogen and oxygen atoms in total. The van der Waals surface area contributed by atoms with Crippen LogP contribution in [0.5, 0.6) is 0 Å². The van der Waals surface area contributed by atoms with Crippen LogP contribution in [0.1, 0.15) is 31.7 Å². The summed E-state index contributed by atoms with van der Waals surface area (Å²) in [6.07, 6.45) is 2.56. The summed E-state index contributed by atoms with van der Waals surface area (Å²) in [7, 11) is 2.19. The Kier molecular flexibility index (Phi) is 2.45. The molecule has 1 aliphatic carbocycles. The highest BCUT2D eigenvalue weighted by Crippen LogP contribution is 2.68. The number of hydrogen-bond acceptors (Lipinski definition) is 4. The van der Waals surface area contributed by atoms with E-state index < -0.39 is 0 Å². The Labute approximate surface area is 143 Å². The minimum absolute atomic E-state index is 0.126. The number of piperidine rings is 4. The van der Waals surface area contributed by atoms with E-state index in [1.54, 1.807) is 0 Å². The Morgan fingerprint density at radius 1 is 1.21 bits per heavy atom. The van der Waals surface area contributed by atoms with Crippen molar-refractivity contribution >= 4 is 5.69 Å². The van der Waals surface area contributed by atoms with Crippen molar-refractivity contribution in [1.29, 1.82) is 0 Å². The maximum absolute atomic E-state index is 11.6. The fraction of sp³-hybridized carbons (Fsp3) is 0.700. The summed E-state index contributed by atoms with van der Waals surface area (Å²) >= 11 is 0. The van der Waals surface area contributed by atoms with Crippen LogP contribution in [0.4, 0.5) is 5.69 Å². The monoisotopic (exact) mass is 326 g/mol. The molecule has 6 aliphatic rings. The van der Waals surface area contributed by atoms with E-state index in [0.717, 1.165) is 19.3 Å². The van der Waals surface area contributed by atoms with E-state index in [9.17, 15) is 10.2 Å². The molecule has 0 amide bonds. The Balaban J connectivity index is 1.60. The van der Waals surface area contributed by atoms with E-state index in [2.05, 4.69) is 48.0 Å². The summed E-state index contributed by atoms with van der Waals surface area (Å²) in [5.41, 5.74) is 2.51. The fourth-order valence-corrected chi connectivity index (χ4v) is 7.88. The van der Waals surface area contributed by atoms with E-state index >= 15 is 0 Å². The quantitative estimate of drug-likeness (QED) is 0.822. The van der Waals surface area contributed by atoms with Gasteiger partial charge >= 0.3 is 0 Å². The van der Waals surface area contributed by atoms with Gasteiger partial charge in [-0.1, -0.05) is 25.1 Å². The molecule has 7 rings (SSSR count). The molecule has 1 saturated carbocycles. The molecule has 0 radical (unpaired) electrons. The molecule has 4 saturated heterocycles. The molecule has 5 bridgehead atoms. The lowest BCUT2D eigenvalue weighted by molar-refractivity contribution is -0.211. The molecule has 1 aromatic carbocycles. The Bertz CT molecular complexity index is 723. The van der Waals surface area contributed by atoms with Crippen LogP contribution in [0.25, 0.3) is 0 Å². The first-order chi connectivity index (χ1) is 11.6. The lowest BCUT2D eigenvalue weighted by Crippen LogP contribution is -2.72. The third-order valence-electron chi connectivity index (χ3n) is 8.46. The predicted molar refractivity (Wildman–Crippen MR) is 91.7 cm³/mol. The topological polar surface area (TPSA) is 46.9 Å². The molecule has 128 valence electrons. The van der Waals surface area contributed by atoms with Gasteiger partial charge in [-0.2, -0.15) is 0 Å². The number of aliphatic hydroxyl groups is 2. The molecule has 1 aromatic rings. The van der Waals surface area contributed by atoms with Crippen molar-refractivity contribution in [3.05, 3.63) is 29.8 Å². The molecular weight excluding hydrogens is 300 g/mol. The average molecular weight is 326 g/mol. The molecule has 5 fully saturated rings. The summed E-state index contributed by atoms with van der Waals surface area (Å²) in [5.74, 6) is 1.14. The van der Waals surface area contributed by atoms with Gasteiger partial charge in [0.2, 0.25) is 0 Å². The highest BCUT2D eigenvalue weighted by molar-refractivity contribution is 5.67. The Hall–Kier alpha value is -1.10. The summed E-state index contributed by atoms with van der Waals surface area (Å²) in [5, 5.41) is 22.6. The number of para-hydroxylation sites is 1. The minimum atomic E-state index is -0.319. The van der Waals surface area contributed by atoms with Gasteiger partial charge in [-0.25, -0.2) is 0 Å². The van der Waals surface area contributed by atoms with Gasteiger partial charge in [-0.3, -0.25) is 4.90 Å². The normalized spacial score (nSPS) is 55.8. The van der Waals surface area contributed by atoms with Crippen molar-refractivity contribution in [3.8, 4) is 0 Å². The molecule has 7 unspecified atom stereocenters. The SMILES string of the molecule is CC[C@H]1C2CC3C4N(C)c5ccccc5C45CC(C2[C@@H]5O)N3[C@@H]1O. The lowest BCUT2D eigenvalue weighted by atomic mass is 9.62. The molecule has 10 atom stereocenters. The van der Waals surface area contributed by atoms with Crippen LogP contribution in [0.3, 0.4) is 0 Å². The maximum Gasteiger partial charge on any atom is 0.111 e. The van der Waals surface area contributed by atoms with E-state index in [4.69, 9.17) is 0 Å². The zero-order chi connectivity index (χ0) is 16.4. The summed E-state index contributed by atoms with van der Waals surface area (Å²) in [6, 6.07) is 9.70. The Morgan fingerprint density at radius 3 is 2.79 bits per heavy atom. The van der Waals surface area contributed by atoms with Crippen molar-refractivity contribution in [2.45, 2.75) is 62.1 Å². The second-order valence-electron chi connectivity index (χ2n) is 8.81. The lowest BCUT2D eigenvalue weighted by Gasteiger charge is -2.62. The van der Waals surface area contributed by atoms with Crippen molar-refractivity contribution in [2.24, 2.45) is 17.8 Å². The van der Waals surface area contributed by atoms with E-state index in [1.165, 1.54) is 11.3 Å². The van der Waals surface area contributed by atoms with Gasteiger partial charge in [-0.05, 0) is 36.8 Å². The second kappa shape index (κ2) is 4.17. The number of rotatable bonds is 1. The van der Waals surface area contributed by atoms with Crippen molar-refractivity contribution in [1.82, 2.24) is 4.90 Å². The maximum atomic E-state index is 11.6. The average Bonchev–Trinajstić information content (AvgIpc) is 2.97. The van der Waals surface area contributed by atoms with Crippen LogP contribution in [-0.4, -0.2) is 52.6 Å². The molecule has 2 N–H and O–H groups in total. The number of benzene rings is 1. The number of anilines is 1. The number of likely N-dealkylation sites (N-methyl/N-ethyl adjacent to an activating group) is 1. The van der Waals surface area contributed by atoms with Crippen LogP contribution in [0, 0.1) is 17.8 Å². The second-order valence-corrected chi connectivity index (χ2v) is 8.81. The highest BCUT2D eigenvalue weighted by Gasteiger charge is 2.76. The fourth-order valence-electron chi connectivity index (χ4n) is 7.88. The smallest absolute Gasteiger partial charge is 0.111 e. The van der Waals surface area contributed by atoms with Crippen molar-refractivity contribution < 1.29 is 10.2 Å². The van der Waals surface area contributed by atoms with Crippen molar-refractivity contribution in [2.75, 3.05) is 11.9 Å². The van der Waals surface area contributed by atoms with Gasteiger partial charge < -0.3 is 15.1 Å². The third-order valence-corrected chi connectivity index (χ3v) is 8.46. The van der Waals surface area contributed by atoms with Crippen LogP contribution >= 0.6 is 0 Å². The zero-order valence-corrected chi connectivity index (χ0v) is 14.3. The molecular formula is C20H26N2O2. The Morgan fingerprint density at radius 2 is 2.00 bits per heavy atom. The number of hydrogen-bond donors (Lipinski definition) is 2. The van der Waals surface area contributed by atoms with Crippen LogP contribution in [-0.2, 0) is 5.41 Å². The first-order valence-corrected chi connectivity index (χ1v) is 9.57. The molecule has 0 aromatic heterocycles. The number of aliphatic hydroxyl groups excluding tert-OH is 2. The van der Waals surface area contributed by atoms with Crippen molar-refractivity contribution in [3.63, 3.8) is 0 Å². The largest absolute Gasteiger partial charge is 0.392 e.